The van der Waals surface area contributed by atoms with E-state index in [0.29, 0.717) is 36.2 Å². The van der Waals surface area contributed by atoms with Crippen LogP contribution in [0, 0.1) is 0 Å². The summed E-state index contributed by atoms with van der Waals surface area (Å²) in [6, 6.07) is 3.53. The van der Waals surface area contributed by atoms with E-state index in [2.05, 4.69) is 4.98 Å². The minimum absolute atomic E-state index is 0.466. The van der Waals surface area contributed by atoms with Crippen molar-refractivity contribution < 1.29 is 14.6 Å². The molecule has 3 rings (SSSR count). The Balaban J connectivity index is 1.86. The third kappa shape index (κ3) is 2.90. The number of benzene rings is 1. The minimum atomic E-state index is -0.657. The maximum Gasteiger partial charge on any atom is 0.179 e. The van der Waals surface area contributed by atoms with Crippen molar-refractivity contribution in [2.75, 3.05) is 13.2 Å². The molecule has 0 saturated carbocycles. The maximum atomic E-state index is 10.3. The Bertz CT molecular complexity index is 588. The Morgan fingerprint density at radius 1 is 1.35 bits per heavy atom. The van der Waals surface area contributed by atoms with Crippen molar-refractivity contribution in [2.24, 2.45) is 0 Å². The third-order valence-corrected chi connectivity index (χ3v) is 4.14. The number of thiazole rings is 1. The smallest absolute Gasteiger partial charge is 0.179 e. The fraction of sp³-hybridized carbons (Fsp3) is 0.357. The van der Waals surface area contributed by atoms with Crippen LogP contribution in [0.2, 0.25) is 5.02 Å². The molecule has 1 N–H and O–H groups in total. The van der Waals surface area contributed by atoms with E-state index in [1.54, 1.807) is 18.3 Å². The van der Waals surface area contributed by atoms with Crippen molar-refractivity contribution in [3.8, 4) is 11.5 Å². The molecule has 0 bridgehead atoms. The molecule has 0 spiro atoms. The number of ether oxygens (including phenoxy) is 2. The van der Waals surface area contributed by atoms with Crippen molar-refractivity contribution in [1.29, 1.82) is 0 Å². The Morgan fingerprint density at radius 3 is 3.00 bits per heavy atom. The lowest BCUT2D eigenvalue weighted by molar-refractivity contribution is 0.177. The molecular weight excluding hydrogens is 298 g/mol. The van der Waals surface area contributed by atoms with Gasteiger partial charge in [0.25, 0.3) is 0 Å². The second-order valence-corrected chi connectivity index (χ2v) is 5.91. The van der Waals surface area contributed by atoms with Crippen LogP contribution in [0.1, 0.15) is 23.1 Å². The summed E-state index contributed by atoms with van der Waals surface area (Å²) in [7, 11) is 0. The van der Waals surface area contributed by atoms with Crippen molar-refractivity contribution in [2.45, 2.75) is 18.9 Å². The molecule has 106 valence electrons. The predicted octanol–water partition coefficient (Wildman–Crippen LogP) is 3.23. The van der Waals surface area contributed by atoms with Gasteiger partial charge in [-0.3, -0.25) is 0 Å². The molecule has 1 aromatic heterocycles. The SMILES string of the molecule is OC(Cc1nccs1)c1cc(Cl)c2c(c1)OCCCO2. The fourth-order valence-electron chi connectivity index (χ4n) is 2.08. The Morgan fingerprint density at radius 2 is 2.20 bits per heavy atom. The number of aliphatic hydroxyl groups excluding tert-OH is 1. The van der Waals surface area contributed by atoms with E-state index in [-0.39, 0.29) is 0 Å². The molecular formula is C14H14ClNO3S. The van der Waals surface area contributed by atoms with Gasteiger partial charge in [0.15, 0.2) is 11.5 Å². The molecule has 1 atom stereocenters. The molecule has 4 nitrogen and oxygen atoms in total. The summed E-state index contributed by atoms with van der Waals surface area (Å²) in [6.07, 6.45) is 2.36. The highest BCUT2D eigenvalue weighted by molar-refractivity contribution is 7.09. The summed E-state index contributed by atoms with van der Waals surface area (Å²) in [4.78, 5) is 4.18. The Hall–Kier alpha value is -1.30. The van der Waals surface area contributed by atoms with Crippen LogP contribution >= 0.6 is 22.9 Å². The molecule has 2 heterocycles. The first-order valence-corrected chi connectivity index (χ1v) is 7.65. The van der Waals surface area contributed by atoms with E-state index in [0.717, 1.165) is 17.0 Å². The molecule has 1 aromatic carbocycles. The maximum absolute atomic E-state index is 10.3. The average molecular weight is 312 g/mol. The molecule has 0 saturated heterocycles. The van der Waals surface area contributed by atoms with Gasteiger partial charge in [-0.15, -0.1) is 11.3 Å². The summed E-state index contributed by atoms with van der Waals surface area (Å²) in [6.45, 7) is 1.18. The Labute approximate surface area is 125 Å². The third-order valence-electron chi connectivity index (χ3n) is 3.06. The zero-order valence-corrected chi connectivity index (χ0v) is 12.3. The van der Waals surface area contributed by atoms with Crippen molar-refractivity contribution in [3.63, 3.8) is 0 Å². The van der Waals surface area contributed by atoms with Gasteiger partial charge in [0, 0.05) is 24.4 Å². The lowest BCUT2D eigenvalue weighted by Gasteiger charge is -2.14. The first-order chi connectivity index (χ1) is 9.74. The van der Waals surface area contributed by atoms with Gasteiger partial charge in [0.1, 0.15) is 0 Å². The number of hydrogen-bond acceptors (Lipinski definition) is 5. The summed E-state index contributed by atoms with van der Waals surface area (Å²) in [5.41, 5.74) is 0.717. The fourth-order valence-corrected chi connectivity index (χ4v) is 3.01. The normalized spacial score (nSPS) is 15.7. The molecule has 2 aromatic rings. The lowest BCUT2D eigenvalue weighted by atomic mass is 10.1. The largest absolute Gasteiger partial charge is 0.489 e. The molecule has 1 aliphatic rings. The number of hydrogen-bond donors (Lipinski definition) is 1. The van der Waals surface area contributed by atoms with Crippen molar-refractivity contribution in [1.82, 2.24) is 4.98 Å². The summed E-state index contributed by atoms with van der Waals surface area (Å²) < 4.78 is 11.2. The van der Waals surface area contributed by atoms with Gasteiger partial charge >= 0.3 is 0 Å². The van der Waals surface area contributed by atoms with Crippen LogP contribution in [0.25, 0.3) is 0 Å². The first-order valence-electron chi connectivity index (χ1n) is 6.39. The first kappa shape index (κ1) is 13.7. The topological polar surface area (TPSA) is 51.6 Å². The number of aromatic nitrogens is 1. The van der Waals surface area contributed by atoms with E-state index >= 15 is 0 Å². The van der Waals surface area contributed by atoms with Crippen LogP contribution < -0.4 is 9.47 Å². The quantitative estimate of drug-likeness (QED) is 0.945. The minimum Gasteiger partial charge on any atom is -0.489 e. The van der Waals surface area contributed by atoms with E-state index in [1.807, 2.05) is 5.38 Å². The van der Waals surface area contributed by atoms with Crippen LogP contribution in [0.15, 0.2) is 23.7 Å². The lowest BCUT2D eigenvalue weighted by Crippen LogP contribution is -2.03. The second-order valence-electron chi connectivity index (χ2n) is 4.53. The highest BCUT2D eigenvalue weighted by Gasteiger charge is 2.19. The summed E-state index contributed by atoms with van der Waals surface area (Å²) in [5.74, 6) is 1.16. The predicted molar refractivity (Wildman–Crippen MR) is 77.8 cm³/mol. The van der Waals surface area contributed by atoms with Crippen LogP contribution in [-0.2, 0) is 6.42 Å². The van der Waals surface area contributed by atoms with Crippen LogP contribution in [0.3, 0.4) is 0 Å². The van der Waals surface area contributed by atoms with Gasteiger partial charge < -0.3 is 14.6 Å². The Kier molecular flexibility index (Phi) is 4.10. The van der Waals surface area contributed by atoms with E-state index in [4.69, 9.17) is 21.1 Å². The van der Waals surface area contributed by atoms with Crippen molar-refractivity contribution >= 4 is 22.9 Å². The number of aliphatic hydroxyl groups is 1. The summed E-state index contributed by atoms with van der Waals surface area (Å²) >= 11 is 7.74. The highest BCUT2D eigenvalue weighted by Crippen LogP contribution is 2.39. The van der Waals surface area contributed by atoms with Gasteiger partial charge in [0.05, 0.1) is 29.3 Å². The molecule has 0 radical (unpaired) electrons. The second kappa shape index (κ2) is 5.99. The number of nitrogens with zero attached hydrogens (tertiary/aromatic N) is 1. The zero-order chi connectivity index (χ0) is 13.9. The number of fused-ring (bicyclic) bond motifs is 1. The molecule has 0 fully saturated rings. The zero-order valence-electron chi connectivity index (χ0n) is 10.7. The molecule has 0 aliphatic carbocycles. The van der Waals surface area contributed by atoms with Gasteiger partial charge in [-0.25, -0.2) is 4.98 Å². The van der Waals surface area contributed by atoms with Gasteiger partial charge in [-0.2, -0.15) is 0 Å². The van der Waals surface area contributed by atoms with E-state index in [1.165, 1.54) is 11.3 Å². The molecule has 6 heteroatoms. The van der Waals surface area contributed by atoms with Crippen LogP contribution in [-0.4, -0.2) is 23.3 Å². The summed E-state index contributed by atoms with van der Waals surface area (Å²) in [5, 5.41) is 13.6. The van der Waals surface area contributed by atoms with Crippen LogP contribution in [0.5, 0.6) is 11.5 Å². The number of halogens is 1. The van der Waals surface area contributed by atoms with Gasteiger partial charge in [-0.05, 0) is 17.7 Å². The van der Waals surface area contributed by atoms with Gasteiger partial charge in [0.2, 0.25) is 0 Å². The monoisotopic (exact) mass is 311 g/mol. The van der Waals surface area contributed by atoms with Crippen molar-refractivity contribution in [3.05, 3.63) is 39.3 Å². The standard InChI is InChI=1S/C14H14ClNO3S/c15-10-6-9(11(17)8-13-16-2-5-20-13)7-12-14(10)19-4-1-3-18-12/h2,5-7,11,17H,1,3-4,8H2. The van der Waals surface area contributed by atoms with Crippen LogP contribution in [0.4, 0.5) is 0 Å². The van der Waals surface area contributed by atoms with Gasteiger partial charge in [-0.1, -0.05) is 11.6 Å². The van der Waals surface area contributed by atoms with E-state index in [9.17, 15) is 5.11 Å². The molecule has 0 amide bonds. The highest BCUT2D eigenvalue weighted by atomic mass is 35.5. The number of rotatable bonds is 3. The molecule has 1 aliphatic heterocycles. The van der Waals surface area contributed by atoms with E-state index < -0.39 is 6.10 Å². The average Bonchev–Trinajstić information content (AvgIpc) is 2.81. The molecule has 1 unspecified atom stereocenters. The molecule has 20 heavy (non-hydrogen) atoms.